The summed E-state index contributed by atoms with van der Waals surface area (Å²) in [5.74, 6) is 0.460. The second-order valence-electron chi connectivity index (χ2n) is 7.52. The summed E-state index contributed by atoms with van der Waals surface area (Å²) in [6, 6.07) is 28.3. The van der Waals surface area contributed by atoms with Crippen LogP contribution in [0.1, 0.15) is 17.3 Å². The van der Waals surface area contributed by atoms with E-state index in [2.05, 4.69) is 10.6 Å². The molecular weight excluding hydrogens is 432 g/mol. The van der Waals surface area contributed by atoms with Gasteiger partial charge in [-0.15, -0.1) is 11.8 Å². The molecule has 2 N–H and O–H groups in total. The van der Waals surface area contributed by atoms with E-state index in [1.807, 2.05) is 73.7 Å². The van der Waals surface area contributed by atoms with Crippen molar-refractivity contribution < 1.29 is 14.3 Å². The van der Waals surface area contributed by atoms with Gasteiger partial charge in [0.25, 0.3) is 5.91 Å². The molecule has 0 aliphatic rings. The lowest BCUT2D eigenvalue weighted by Crippen LogP contribution is -2.22. The minimum Gasteiger partial charge on any atom is -0.497 e. The lowest BCUT2D eigenvalue weighted by Gasteiger charge is -2.13. The van der Waals surface area contributed by atoms with Gasteiger partial charge < -0.3 is 15.4 Å². The number of ether oxygens (including phenoxy) is 1. The number of hydrogen-bond donors (Lipinski definition) is 2. The molecule has 4 aromatic carbocycles. The molecule has 0 bridgehead atoms. The largest absolute Gasteiger partial charge is 0.497 e. The Kier molecular flexibility index (Phi) is 6.95. The van der Waals surface area contributed by atoms with Crippen LogP contribution in [-0.2, 0) is 4.79 Å². The summed E-state index contributed by atoms with van der Waals surface area (Å²) in [4.78, 5) is 26.2. The maximum atomic E-state index is 12.8. The minimum atomic E-state index is -0.321. The van der Waals surface area contributed by atoms with Crippen molar-refractivity contribution in [2.24, 2.45) is 0 Å². The summed E-state index contributed by atoms with van der Waals surface area (Å²) in [7, 11) is 1.60. The molecule has 0 spiro atoms. The SMILES string of the molecule is COc1ccc(NC(=O)C(C)Sc2cccc(NC(=O)c3ccc4ccccc4c3)c2)cc1. The molecule has 166 valence electrons. The molecule has 0 fully saturated rings. The first-order valence-electron chi connectivity index (χ1n) is 10.5. The highest BCUT2D eigenvalue weighted by Gasteiger charge is 2.15. The van der Waals surface area contributed by atoms with Crippen molar-refractivity contribution in [2.75, 3.05) is 17.7 Å². The molecule has 6 heteroatoms. The fraction of sp³-hybridized carbons (Fsp3) is 0.111. The van der Waals surface area contributed by atoms with Crippen LogP contribution in [0, 0.1) is 0 Å². The number of anilines is 2. The van der Waals surface area contributed by atoms with E-state index >= 15 is 0 Å². The first-order valence-corrected chi connectivity index (χ1v) is 11.4. The highest BCUT2D eigenvalue weighted by Crippen LogP contribution is 2.27. The zero-order valence-electron chi connectivity index (χ0n) is 18.4. The number of nitrogens with one attached hydrogen (secondary N) is 2. The van der Waals surface area contributed by atoms with Crippen molar-refractivity contribution in [3.05, 3.63) is 96.6 Å². The highest BCUT2D eigenvalue weighted by atomic mass is 32.2. The molecule has 33 heavy (non-hydrogen) atoms. The van der Waals surface area contributed by atoms with Crippen LogP contribution in [0.2, 0.25) is 0 Å². The average molecular weight is 457 g/mol. The van der Waals surface area contributed by atoms with Gasteiger partial charge in [-0.1, -0.05) is 36.4 Å². The third kappa shape index (κ3) is 5.73. The van der Waals surface area contributed by atoms with E-state index in [4.69, 9.17) is 4.74 Å². The molecule has 0 aromatic heterocycles. The predicted octanol–water partition coefficient (Wildman–Crippen LogP) is 6.22. The average Bonchev–Trinajstić information content (AvgIpc) is 2.84. The molecule has 4 aromatic rings. The second kappa shape index (κ2) is 10.2. The van der Waals surface area contributed by atoms with Crippen molar-refractivity contribution in [1.29, 1.82) is 0 Å². The number of benzene rings is 4. The van der Waals surface area contributed by atoms with Crippen LogP contribution in [0.5, 0.6) is 5.75 Å². The number of amides is 2. The van der Waals surface area contributed by atoms with Gasteiger partial charge in [-0.2, -0.15) is 0 Å². The fourth-order valence-corrected chi connectivity index (χ4v) is 4.28. The first-order chi connectivity index (χ1) is 16.0. The lowest BCUT2D eigenvalue weighted by atomic mass is 10.1. The zero-order chi connectivity index (χ0) is 23.2. The van der Waals surface area contributed by atoms with Gasteiger partial charge in [0.2, 0.25) is 5.91 Å². The van der Waals surface area contributed by atoms with E-state index in [9.17, 15) is 9.59 Å². The van der Waals surface area contributed by atoms with Gasteiger partial charge in [-0.25, -0.2) is 0 Å². The van der Waals surface area contributed by atoms with E-state index in [0.29, 0.717) is 16.9 Å². The summed E-state index contributed by atoms with van der Waals surface area (Å²) in [5.41, 5.74) is 1.99. The summed E-state index contributed by atoms with van der Waals surface area (Å²) in [6.45, 7) is 1.85. The highest BCUT2D eigenvalue weighted by molar-refractivity contribution is 8.00. The van der Waals surface area contributed by atoms with Crippen molar-refractivity contribution in [2.45, 2.75) is 17.1 Å². The maximum absolute atomic E-state index is 12.8. The molecule has 0 heterocycles. The van der Waals surface area contributed by atoms with E-state index in [1.54, 1.807) is 31.4 Å². The predicted molar refractivity (Wildman–Crippen MR) is 135 cm³/mol. The summed E-state index contributed by atoms with van der Waals surface area (Å²) < 4.78 is 5.14. The van der Waals surface area contributed by atoms with E-state index in [-0.39, 0.29) is 17.1 Å². The molecule has 0 radical (unpaired) electrons. The quantitative estimate of drug-likeness (QED) is 0.324. The van der Waals surface area contributed by atoms with Gasteiger partial charge in [-0.3, -0.25) is 9.59 Å². The molecule has 0 aliphatic carbocycles. The Morgan fingerprint density at radius 3 is 2.30 bits per heavy atom. The van der Waals surface area contributed by atoms with E-state index in [1.165, 1.54) is 11.8 Å². The molecule has 1 atom stereocenters. The van der Waals surface area contributed by atoms with E-state index < -0.39 is 0 Å². The molecule has 0 aliphatic heterocycles. The van der Waals surface area contributed by atoms with Crippen LogP contribution in [0.3, 0.4) is 0 Å². The zero-order valence-corrected chi connectivity index (χ0v) is 19.2. The molecule has 0 saturated carbocycles. The van der Waals surface area contributed by atoms with Gasteiger partial charge in [0.1, 0.15) is 5.75 Å². The third-order valence-corrected chi connectivity index (χ3v) is 6.24. The standard InChI is InChI=1S/C27H24N2O3S/c1-18(26(30)28-22-12-14-24(32-2)15-13-22)33-25-9-5-8-23(17-25)29-27(31)21-11-10-19-6-3-4-7-20(19)16-21/h3-18H,1-2H3,(H,28,30)(H,29,31). The van der Waals surface area contributed by atoms with Crippen LogP contribution >= 0.6 is 11.8 Å². The van der Waals surface area contributed by atoms with Crippen molar-refractivity contribution in [3.8, 4) is 5.75 Å². The van der Waals surface area contributed by atoms with Crippen LogP contribution < -0.4 is 15.4 Å². The monoisotopic (exact) mass is 456 g/mol. The Balaban J connectivity index is 1.39. The van der Waals surface area contributed by atoms with Crippen LogP contribution in [0.15, 0.2) is 95.9 Å². The second-order valence-corrected chi connectivity index (χ2v) is 8.94. The van der Waals surface area contributed by atoms with Gasteiger partial charge in [-0.05, 0) is 72.3 Å². The number of carbonyl (C=O) groups is 2. The minimum absolute atomic E-state index is 0.101. The Hall–Kier alpha value is -3.77. The summed E-state index contributed by atoms with van der Waals surface area (Å²) in [6.07, 6.45) is 0. The smallest absolute Gasteiger partial charge is 0.255 e. The number of fused-ring (bicyclic) bond motifs is 1. The van der Waals surface area contributed by atoms with Gasteiger partial charge >= 0.3 is 0 Å². The number of hydrogen-bond acceptors (Lipinski definition) is 4. The summed E-state index contributed by atoms with van der Waals surface area (Å²) in [5, 5.41) is 7.65. The molecular formula is C27H24N2O3S. The van der Waals surface area contributed by atoms with Crippen molar-refractivity contribution in [1.82, 2.24) is 0 Å². The van der Waals surface area contributed by atoms with Crippen LogP contribution in [-0.4, -0.2) is 24.2 Å². The number of rotatable bonds is 7. The van der Waals surface area contributed by atoms with Crippen LogP contribution in [0.25, 0.3) is 10.8 Å². The fourth-order valence-electron chi connectivity index (χ4n) is 3.36. The normalized spacial score (nSPS) is 11.6. The number of carbonyl (C=O) groups excluding carboxylic acids is 2. The Labute approximate surface area is 197 Å². The molecule has 5 nitrogen and oxygen atoms in total. The lowest BCUT2D eigenvalue weighted by molar-refractivity contribution is -0.115. The number of methoxy groups -OCH3 is 1. The van der Waals surface area contributed by atoms with Crippen LogP contribution in [0.4, 0.5) is 11.4 Å². The Bertz CT molecular complexity index is 1290. The molecule has 0 saturated heterocycles. The topological polar surface area (TPSA) is 67.4 Å². The molecule has 1 unspecified atom stereocenters. The van der Waals surface area contributed by atoms with Gasteiger partial charge in [0.05, 0.1) is 12.4 Å². The first kappa shape index (κ1) is 22.4. The Morgan fingerprint density at radius 2 is 1.55 bits per heavy atom. The van der Waals surface area contributed by atoms with Crippen molar-refractivity contribution >= 4 is 45.7 Å². The molecule has 4 rings (SSSR count). The van der Waals surface area contributed by atoms with E-state index in [0.717, 1.165) is 21.4 Å². The molecule has 2 amide bonds. The third-order valence-electron chi connectivity index (χ3n) is 5.14. The Morgan fingerprint density at radius 1 is 0.788 bits per heavy atom. The summed E-state index contributed by atoms with van der Waals surface area (Å²) >= 11 is 1.43. The van der Waals surface area contributed by atoms with Gasteiger partial charge in [0.15, 0.2) is 0 Å². The number of thioether (sulfide) groups is 1. The maximum Gasteiger partial charge on any atom is 0.255 e. The van der Waals surface area contributed by atoms with Gasteiger partial charge in [0, 0.05) is 21.8 Å². The van der Waals surface area contributed by atoms with Crippen molar-refractivity contribution in [3.63, 3.8) is 0 Å².